The highest BCUT2D eigenvalue weighted by molar-refractivity contribution is 5.89. The van der Waals surface area contributed by atoms with Crippen LogP contribution in [0.2, 0.25) is 0 Å². The second-order valence-electron chi connectivity index (χ2n) is 10.9. The normalized spacial score (nSPS) is 20.3. The van der Waals surface area contributed by atoms with Crippen LogP contribution in [0.4, 0.5) is 5.69 Å². The van der Waals surface area contributed by atoms with Crippen LogP contribution in [0, 0.1) is 5.41 Å². The topological polar surface area (TPSA) is 108 Å². The number of anilines is 1. The molecule has 0 atom stereocenters. The van der Waals surface area contributed by atoms with Gasteiger partial charge in [0.05, 0.1) is 28.7 Å². The Labute approximate surface area is 210 Å². The summed E-state index contributed by atoms with van der Waals surface area (Å²) >= 11 is 0. The van der Waals surface area contributed by atoms with Gasteiger partial charge in [0.1, 0.15) is 11.5 Å². The fraction of sp³-hybridized carbons (Fsp3) is 0.481. The van der Waals surface area contributed by atoms with E-state index in [1.165, 1.54) is 0 Å². The Kier molecular flexibility index (Phi) is 5.48. The van der Waals surface area contributed by atoms with Crippen LogP contribution >= 0.6 is 0 Å². The van der Waals surface area contributed by atoms with Gasteiger partial charge in [-0.3, -0.25) is 4.79 Å². The zero-order valence-corrected chi connectivity index (χ0v) is 20.8. The molecule has 0 radical (unpaired) electrons. The molecule has 1 spiro atoms. The van der Waals surface area contributed by atoms with E-state index in [2.05, 4.69) is 39.4 Å². The standard InChI is InChI=1S/C27H32N6O3/c1-18(2)23-12-24(31-36-23)27(25(35)33-16-26(17-33)14-28-15-26)7-9-32(10-8-27)19-11-21(30-29-13-19)20-5-3-4-6-22(20)34/h3-6,11-13,18,28,34H,7-10,14-17H2,1-2H3. The van der Waals surface area contributed by atoms with Crippen molar-refractivity contribution in [2.45, 2.75) is 38.0 Å². The Bertz CT molecular complexity index is 1270. The first-order chi connectivity index (χ1) is 17.4. The highest BCUT2D eigenvalue weighted by Gasteiger charge is 2.55. The number of phenols is 1. The number of nitrogens with zero attached hydrogens (tertiary/aromatic N) is 5. The summed E-state index contributed by atoms with van der Waals surface area (Å²) in [4.78, 5) is 18.2. The number of piperidine rings is 1. The molecule has 0 unspecified atom stereocenters. The summed E-state index contributed by atoms with van der Waals surface area (Å²) in [5.74, 6) is 1.37. The first-order valence-corrected chi connectivity index (χ1v) is 12.7. The molecule has 3 aromatic rings. The third kappa shape index (κ3) is 3.73. The highest BCUT2D eigenvalue weighted by atomic mass is 16.5. The minimum atomic E-state index is -0.688. The molecule has 0 saturated carbocycles. The number of carbonyl (C=O) groups excluding carboxylic acids is 1. The average Bonchev–Trinajstić information content (AvgIpc) is 3.34. The smallest absolute Gasteiger partial charge is 0.235 e. The lowest BCUT2D eigenvalue weighted by molar-refractivity contribution is -0.154. The van der Waals surface area contributed by atoms with Gasteiger partial charge in [-0.05, 0) is 31.0 Å². The molecule has 1 aromatic carbocycles. The molecule has 3 aliphatic rings. The molecule has 1 amide bonds. The van der Waals surface area contributed by atoms with Crippen LogP contribution in [-0.2, 0) is 10.2 Å². The van der Waals surface area contributed by atoms with E-state index in [-0.39, 0.29) is 23.0 Å². The van der Waals surface area contributed by atoms with Gasteiger partial charge < -0.3 is 24.7 Å². The fourth-order valence-corrected chi connectivity index (χ4v) is 5.78. The molecule has 3 fully saturated rings. The molecule has 36 heavy (non-hydrogen) atoms. The van der Waals surface area contributed by atoms with E-state index in [1.807, 2.05) is 29.2 Å². The molecule has 0 bridgehead atoms. The van der Waals surface area contributed by atoms with Crippen molar-refractivity contribution in [2.75, 3.05) is 44.2 Å². The van der Waals surface area contributed by atoms with Crippen LogP contribution in [0.3, 0.4) is 0 Å². The van der Waals surface area contributed by atoms with Crippen molar-refractivity contribution in [1.82, 2.24) is 25.6 Å². The Balaban J connectivity index is 1.25. The third-order valence-electron chi connectivity index (χ3n) is 8.14. The summed E-state index contributed by atoms with van der Waals surface area (Å²) in [5, 5.41) is 26.5. The van der Waals surface area contributed by atoms with Crippen LogP contribution in [0.15, 0.2) is 47.1 Å². The summed E-state index contributed by atoms with van der Waals surface area (Å²) in [6, 6.07) is 11.1. The number of phenolic OH excluding ortho intramolecular Hbond substituents is 1. The number of rotatable bonds is 5. The van der Waals surface area contributed by atoms with Gasteiger partial charge in [-0.1, -0.05) is 31.1 Å². The monoisotopic (exact) mass is 488 g/mol. The molecule has 2 N–H and O–H groups in total. The van der Waals surface area contributed by atoms with E-state index in [0.717, 1.165) is 43.3 Å². The summed E-state index contributed by atoms with van der Waals surface area (Å²) < 4.78 is 5.66. The van der Waals surface area contributed by atoms with Gasteiger partial charge in [0, 0.05) is 62.2 Å². The average molecular weight is 489 g/mol. The fourth-order valence-electron chi connectivity index (χ4n) is 5.78. The number of carbonyl (C=O) groups is 1. The van der Waals surface area contributed by atoms with E-state index < -0.39 is 5.41 Å². The Morgan fingerprint density at radius 2 is 1.89 bits per heavy atom. The summed E-state index contributed by atoms with van der Waals surface area (Å²) in [6.07, 6.45) is 3.03. The van der Waals surface area contributed by atoms with Gasteiger partial charge >= 0.3 is 0 Å². The Morgan fingerprint density at radius 1 is 1.14 bits per heavy atom. The van der Waals surface area contributed by atoms with Crippen molar-refractivity contribution < 1.29 is 14.4 Å². The second kappa shape index (κ2) is 8.58. The molecule has 3 saturated heterocycles. The lowest BCUT2D eigenvalue weighted by atomic mass is 9.69. The minimum Gasteiger partial charge on any atom is -0.507 e. The Morgan fingerprint density at radius 3 is 2.53 bits per heavy atom. The van der Waals surface area contributed by atoms with Crippen LogP contribution in [0.5, 0.6) is 5.75 Å². The van der Waals surface area contributed by atoms with Crippen LogP contribution in [0.25, 0.3) is 11.3 Å². The molecular formula is C27H32N6O3. The van der Waals surface area contributed by atoms with Crippen molar-refractivity contribution in [3.63, 3.8) is 0 Å². The third-order valence-corrected chi connectivity index (χ3v) is 8.14. The molecule has 2 aromatic heterocycles. The summed E-state index contributed by atoms with van der Waals surface area (Å²) in [5.41, 5.74) is 2.53. The molecule has 6 rings (SSSR count). The van der Waals surface area contributed by atoms with E-state index in [4.69, 9.17) is 4.52 Å². The van der Waals surface area contributed by atoms with Gasteiger partial charge in [0.25, 0.3) is 0 Å². The molecule has 5 heterocycles. The number of nitrogens with one attached hydrogen (secondary N) is 1. The predicted octanol–water partition coefficient (Wildman–Crippen LogP) is 2.93. The zero-order valence-electron chi connectivity index (χ0n) is 20.8. The molecule has 3 aliphatic heterocycles. The van der Waals surface area contributed by atoms with E-state index in [0.29, 0.717) is 37.2 Å². The SMILES string of the molecule is CC(C)c1cc(C2(C(=O)N3CC4(CNC4)C3)CCN(c3cnnc(-c4ccccc4O)c3)CC2)no1. The molecule has 9 nitrogen and oxygen atoms in total. The number of aromatic nitrogens is 3. The molecular weight excluding hydrogens is 456 g/mol. The summed E-state index contributed by atoms with van der Waals surface area (Å²) in [7, 11) is 0. The van der Waals surface area contributed by atoms with Crippen molar-refractivity contribution in [1.29, 1.82) is 0 Å². The van der Waals surface area contributed by atoms with Gasteiger partial charge in [-0.25, -0.2) is 0 Å². The molecule has 188 valence electrons. The first kappa shape index (κ1) is 23.0. The maximum Gasteiger partial charge on any atom is 0.235 e. The van der Waals surface area contributed by atoms with Gasteiger partial charge in [0.15, 0.2) is 0 Å². The lowest BCUT2D eigenvalue weighted by Crippen LogP contribution is -2.73. The largest absolute Gasteiger partial charge is 0.507 e. The van der Waals surface area contributed by atoms with Crippen LogP contribution < -0.4 is 10.2 Å². The van der Waals surface area contributed by atoms with Crippen molar-refractivity contribution >= 4 is 11.6 Å². The lowest BCUT2D eigenvalue weighted by Gasteiger charge is -2.58. The maximum absolute atomic E-state index is 14.0. The quantitative estimate of drug-likeness (QED) is 0.565. The Hall–Kier alpha value is -3.46. The number of hydrogen-bond acceptors (Lipinski definition) is 8. The van der Waals surface area contributed by atoms with Crippen LogP contribution in [-0.4, -0.2) is 70.5 Å². The first-order valence-electron chi connectivity index (χ1n) is 12.7. The van der Waals surface area contributed by atoms with E-state index in [9.17, 15) is 9.90 Å². The van der Waals surface area contributed by atoms with Gasteiger partial charge in [-0.15, -0.1) is 0 Å². The number of aromatic hydroxyl groups is 1. The van der Waals surface area contributed by atoms with Crippen molar-refractivity contribution in [3.05, 3.63) is 54.0 Å². The van der Waals surface area contributed by atoms with E-state index in [1.54, 1.807) is 18.3 Å². The van der Waals surface area contributed by atoms with Gasteiger partial charge in [0.2, 0.25) is 5.91 Å². The van der Waals surface area contributed by atoms with E-state index >= 15 is 0 Å². The molecule has 9 heteroatoms. The second-order valence-corrected chi connectivity index (χ2v) is 10.9. The number of hydrogen-bond donors (Lipinski definition) is 2. The predicted molar refractivity (Wildman–Crippen MR) is 135 cm³/mol. The minimum absolute atomic E-state index is 0.172. The number of benzene rings is 1. The van der Waals surface area contributed by atoms with Crippen molar-refractivity contribution in [2.24, 2.45) is 5.41 Å². The zero-order chi connectivity index (χ0) is 24.9. The van der Waals surface area contributed by atoms with Crippen LogP contribution in [0.1, 0.15) is 44.1 Å². The summed E-state index contributed by atoms with van der Waals surface area (Å²) in [6.45, 7) is 9.13. The van der Waals surface area contributed by atoms with Crippen molar-refractivity contribution in [3.8, 4) is 17.0 Å². The molecule has 0 aliphatic carbocycles. The number of amides is 1. The van der Waals surface area contributed by atoms with Gasteiger partial charge in [-0.2, -0.15) is 10.2 Å². The number of para-hydroxylation sites is 1. The maximum atomic E-state index is 14.0. The number of likely N-dealkylation sites (tertiary alicyclic amines) is 1. The highest BCUT2D eigenvalue weighted by Crippen LogP contribution is 2.43.